The van der Waals surface area contributed by atoms with Crippen LogP contribution in [0, 0.1) is 5.41 Å². The van der Waals surface area contributed by atoms with Gasteiger partial charge in [0.2, 0.25) is 0 Å². The fourth-order valence-corrected chi connectivity index (χ4v) is 4.15. The summed E-state index contributed by atoms with van der Waals surface area (Å²) in [5.41, 5.74) is 5.42. The van der Waals surface area contributed by atoms with Crippen LogP contribution in [0.1, 0.15) is 38.4 Å². The van der Waals surface area contributed by atoms with E-state index in [1.54, 1.807) is 0 Å². The van der Waals surface area contributed by atoms with Crippen LogP contribution in [0.2, 0.25) is 0 Å². The minimum Gasteiger partial charge on any atom is -0.387 e. The molecule has 112 valence electrons. The second-order valence-corrected chi connectivity index (χ2v) is 6.92. The number of nitrogens with one attached hydrogen (secondary N) is 2. The summed E-state index contributed by atoms with van der Waals surface area (Å²) in [4.78, 5) is 6.87. The van der Waals surface area contributed by atoms with Gasteiger partial charge in [-0.1, -0.05) is 19.8 Å². The molecule has 0 saturated heterocycles. The van der Waals surface area contributed by atoms with Crippen molar-refractivity contribution in [3.8, 4) is 0 Å². The van der Waals surface area contributed by atoms with E-state index in [1.165, 1.54) is 10.5 Å². The normalized spacial score (nSPS) is 16.9. The number of hydrogen-bond acceptors (Lipinski definition) is 4. The summed E-state index contributed by atoms with van der Waals surface area (Å²) in [6.45, 7) is 1.84. The van der Waals surface area contributed by atoms with Crippen LogP contribution >= 0.6 is 0 Å². The van der Waals surface area contributed by atoms with E-state index in [2.05, 4.69) is 9.97 Å². The lowest BCUT2D eigenvalue weighted by Crippen LogP contribution is -2.44. The number of rotatable bonds is 6. The molecule has 1 heterocycles. The van der Waals surface area contributed by atoms with Gasteiger partial charge in [0.05, 0.1) is 12.7 Å². The largest absolute Gasteiger partial charge is 0.387 e. The monoisotopic (exact) mass is 299 g/mol. The fraction of sp³-hybridized carbons (Fsp3) is 0.667. The second-order valence-electron chi connectivity index (χ2n) is 5.06. The van der Waals surface area contributed by atoms with Crippen molar-refractivity contribution in [2.75, 3.05) is 6.54 Å². The van der Waals surface area contributed by atoms with Crippen LogP contribution in [0.5, 0.6) is 0 Å². The van der Waals surface area contributed by atoms with E-state index in [-0.39, 0.29) is 23.4 Å². The highest BCUT2D eigenvalue weighted by Crippen LogP contribution is 2.27. The van der Waals surface area contributed by atoms with Crippen LogP contribution in [-0.4, -0.2) is 41.1 Å². The van der Waals surface area contributed by atoms with Gasteiger partial charge in [-0.05, 0) is 12.8 Å². The first-order valence-corrected chi connectivity index (χ1v) is 8.27. The van der Waals surface area contributed by atoms with Crippen LogP contribution in [-0.2, 0) is 16.4 Å². The number of sulfonamides is 1. The molecule has 0 atom stereocenters. The summed E-state index contributed by atoms with van der Waals surface area (Å²) in [7, 11) is -3.67. The average molecular weight is 299 g/mol. The minimum atomic E-state index is -3.67. The van der Waals surface area contributed by atoms with Gasteiger partial charge in [0.15, 0.2) is 5.03 Å². The van der Waals surface area contributed by atoms with E-state index in [1.807, 2.05) is 6.92 Å². The minimum absolute atomic E-state index is 0.0620. The Morgan fingerprint density at radius 1 is 1.55 bits per heavy atom. The van der Waals surface area contributed by atoms with Crippen LogP contribution in [0.25, 0.3) is 0 Å². The van der Waals surface area contributed by atoms with Crippen LogP contribution < -0.4 is 5.73 Å². The number of H-pyrrole nitrogens is 1. The first-order valence-electron chi connectivity index (χ1n) is 6.83. The molecular formula is C12H21N5O2S. The molecule has 1 aromatic heterocycles. The summed E-state index contributed by atoms with van der Waals surface area (Å²) < 4.78 is 26.7. The molecule has 1 fully saturated rings. The van der Waals surface area contributed by atoms with Crippen molar-refractivity contribution < 1.29 is 8.42 Å². The molecule has 1 aliphatic carbocycles. The SMILES string of the molecule is CCc1ncc(S(=O)(=O)N(CC(=N)N)C2CCCC2)[nH]1. The lowest BCUT2D eigenvalue weighted by Gasteiger charge is -2.26. The Hall–Kier alpha value is -1.41. The number of amidine groups is 1. The van der Waals surface area contributed by atoms with E-state index in [9.17, 15) is 8.42 Å². The molecule has 0 bridgehead atoms. The van der Waals surface area contributed by atoms with E-state index >= 15 is 0 Å². The summed E-state index contributed by atoms with van der Waals surface area (Å²) >= 11 is 0. The maximum absolute atomic E-state index is 12.7. The lowest BCUT2D eigenvalue weighted by atomic mass is 10.2. The van der Waals surface area contributed by atoms with Gasteiger partial charge in [-0.2, -0.15) is 4.31 Å². The molecule has 1 saturated carbocycles. The summed E-state index contributed by atoms with van der Waals surface area (Å²) in [5, 5.41) is 7.50. The number of aromatic nitrogens is 2. The summed E-state index contributed by atoms with van der Waals surface area (Å²) in [6.07, 6.45) is 5.65. The smallest absolute Gasteiger partial charge is 0.260 e. The first kappa shape index (κ1) is 15.0. The van der Waals surface area contributed by atoms with E-state index in [4.69, 9.17) is 11.1 Å². The van der Waals surface area contributed by atoms with Crippen LogP contribution in [0.3, 0.4) is 0 Å². The molecular weight excluding hydrogens is 278 g/mol. The van der Waals surface area contributed by atoms with Crippen molar-refractivity contribution in [3.63, 3.8) is 0 Å². The number of nitrogens with two attached hydrogens (primary N) is 1. The van der Waals surface area contributed by atoms with Gasteiger partial charge in [-0.3, -0.25) is 5.41 Å². The predicted molar refractivity (Wildman–Crippen MR) is 76.0 cm³/mol. The lowest BCUT2D eigenvalue weighted by molar-refractivity contribution is 0.352. The number of nitrogens with zero attached hydrogens (tertiary/aromatic N) is 2. The summed E-state index contributed by atoms with van der Waals surface area (Å²) in [5.74, 6) is 0.494. The van der Waals surface area contributed by atoms with Gasteiger partial charge in [0, 0.05) is 12.5 Å². The highest BCUT2D eigenvalue weighted by Gasteiger charge is 2.34. The quantitative estimate of drug-likeness (QED) is 0.533. The van der Waals surface area contributed by atoms with Crippen molar-refractivity contribution in [2.24, 2.45) is 5.73 Å². The molecule has 0 amide bonds. The topological polar surface area (TPSA) is 116 Å². The fourth-order valence-electron chi connectivity index (χ4n) is 2.55. The van der Waals surface area contributed by atoms with Crippen LogP contribution in [0.15, 0.2) is 11.2 Å². The third-order valence-corrected chi connectivity index (χ3v) is 5.39. The average Bonchev–Trinajstić information content (AvgIpc) is 3.06. The molecule has 2 rings (SSSR count). The Kier molecular flexibility index (Phi) is 4.44. The van der Waals surface area contributed by atoms with Gasteiger partial charge >= 0.3 is 0 Å². The Balaban J connectivity index is 2.32. The molecule has 7 nitrogen and oxygen atoms in total. The Morgan fingerprint density at radius 3 is 2.70 bits per heavy atom. The molecule has 0 spiro atoms. The maximum Gasteiger partial charge on any atom is 0.260 e. The van der Waals surface area contributed by atoms with Gasteiger partial charge in [0.25, 0.3) is 10.0 Å². The number of hydrogen-bond donors (Lipinski definition) is 3. The number of aromatic amines is 1. The zero-order valence-corrected chi connectivity index (χ0v) is 12.4. The standard InChI is InChI=1S/C12H21N5O2S/c1-2-11-15-7-12(16-11)20(18,19)17(8-10(13)14)9-5-3-4-6-9/h7,9H,2-6,8H2,1H3,(H3,13,14)(H,15,16). The second kappa shape index (κ2) is 5.92. The Morgan fingerprint density at radius 2 is 2.20 bits per heavy atom. The Labute approximate surface area is 119 Å². The van der Waals surface area contributed by atoms with Crippen molar-refractivity contribution in [1.82, 2.24) is 14.3 Å². The van der Waals surface area contributed by atoms with Crippen molar-refractivity contribution in [3.05, 3.63) is 12.0 Å². The Bertz CT molecular complexity index is 574. The van der Waals surface area contributed by atoms with Crippen molar-refractivity contribution >= 4 is 15.9 Å². The first-order chi connectivity index (χ1) is 9.45. The van der Waals surface area contributed by atoms with E-state index < -0.39 is 10.0 Å². The molecule has 4 N–H and O–H groups in total. The molecule has 0 radical (unpaired) electrons. The zero-order chi connectivity index (χ0) is 14.8. The van der Waals surface area contributed by atoms with Crippen LogP contribution in [0.4, 0.5) is 0 Å². The molecule has 0 aromatic carbocycles. The van der Waals surface area contributed by atoms with Crippen molar-refractivity contribution in [2.45, 2.75) is 50.1 Å². The van der Waals surface area contributed by atoms with Gasteiger partial charge in [0.1, 0.15) is 11.7 Å². The zero-order valence-electron chi connectivity index (χ0n) is 11.6. The van der Waals surface area contributed by atoms with Gasteiger partial charge in [-0.15, -0.1) is 0 Å². The maximum atomic E-state index is 12.7. The molecule has 8 heteroatoms. The number of aryl methyl sites for hydroxylation is 1. The highest BCUT2D eigenvalue weighted by molar-refractivity contribution is 7.89. The molecule has 1 aromatic rings. The molecule has 1 aliphatic rings. The molecule has 0 aliphatic heterocycles. The third-order valence-electron chi connectivity index (χ3n) is 3.58. The van der Waals surface area contributed by atoms with Gasteiger partial charge in [-0.25, -0.2) is 13.4 Å². The number of imidazole rings is 1. The third kappa shape index (κ3) is 3.01. The molecule has 20 heavy (non-hydrogen) atoms. The summed E-state index contributed by atoms with van der Waals surface area (Å²) in [6, 6.07) is -0.0720. The highest BCUT2D eigenvalue weighted by atomic mass is 32.2. The van der Waals surface area contributed by atoms with E-state index in [0.717, 1.165) is 25.7 Å². The van der Waals surface area contributed by atoms with Crippen molar-refractivity contribution in [1.29, 1.82) is 5.41 Å². The van der Waals surface area contributed by atoms with Gasteiger partial charge < -0.3 is 10.7 Å². The molecule has 0 unspecified atom stereocenters. The van der Waals surface area contributed by atoms with E-state index in [0.29, 0.717) is 12.2 Å². The predicted octanol–water partition coefficient (Wildman–Crippen LogP) is 0.841.